The Hall–Kier alpha value is -4.26. The number of nitrogens with one attached hydrogen (secondary N) is 1. The van der Waals surface area contributed by atoms with Crippen molar-refractivity contribution in [3.63, 3.8) is 0 Å². The Kier molecular flexibility index (Phi) is 4.85. The molecule has 0 bridgehead atoms. The highest BCUT2D eigenvalue weighted by Gasteiger charge is 2.37. The maximum Gasteiger partial charge on any atom is 0.335 e. The number of anilines is 2. The van der Waals surface area contributed by atoms with E-state index in [1.165, 1.54) is 24.3 Å². The molecule has 7 nitrogen and oxygen atoms in total. The molecule has 1 heterocycles. The number of benzene rings is 3. The fourth-order valence-corrected chi connectivity index (χ4v) is 3.32. The Labute approximate surface area is 171 Å². The second kappa shape index (κ2) is 7.63. The van der Waals surface area contributed by atoms with Gasteiger partial charge in [0.05, 0.1) is 28.8 Å². The summed E-state index contributed by atoms with van der Waals surface area (Å²) in [4.78, 5) is 50.0. The monoisotopic (exact) mass is 400 g/mol. The molecule has 0 spiro atoms. The zero-order valence-corrected chi connectivity index (χ0v) is 15.7. The molecule has 1 aliphatic heterocycles. The lowest BCUT2D eigenvalue weighted by Gasteiger charge is -2.15. The number of fused-ring (bicyclic) bond motifs is 1. The smallest absolute Gasteiger partial charge is 0.335 e. The molecule has 4 rings (SSSR count). The minimum absolute atomic E-state index is 0.0402. The van der Waals surface area contributed by atoms with Gasteiger partial charge in [0.1, 0.15) is 0 Å². The van der Waals surface area contributed by atoms with Gasteiger partial charge in [-0.05, 0) is 42.0 Å². The summed E-state index contributed by atoms with van der Waals surface area (Å²) in [5.74, 6) is -2.56. The number of carbonyl (C=O) groups excluding carboxylic acids is 3. The molecule has 3 aromatic rings. The minimum Gasteiger partial charge on any atom is -0.478 e. The van der Waals surface area contributed by atoms with Crippen LogP contribution in [-0.2, 0) is 11.2 Å². The van der Waals surface area contributed by atoms with Gasteiger partial charge in [0, 0.05) is 5.69 Å². The molecule has 30 heavy (non-hydrogen) atoms. The minimum atomic E-state index is -1.18. The Morgan fingerprint density at radius 2 is 1.57 bits per heavy atom. The maximum absolute atomic E-state index is 12.8. The third kappa shape index (κ3) is 3.56. The number of nitrogens with zero attached hydrogens (tertiary/aromatic N) is 1. The SMILES string of the molecule is O=C(Cc1ccccc1)Nc1cccc(N2C(=O)c3ccc(C(=O)O)cc3C2=O)c1. The Balaban J connectivity index is 1.56. The number of carboxylic acid groups (broad SMARTS) is 1. The number of rotatable bonds is 5. The molecule has 148 valence electrons. The van der Waals surface area contributed by atoms with Gasteiger partial charge in [-0.1, -0.05) is 36.4 Å². The van der Waals surface area contributed by atoms with E-state index in [0.717, 1.165) is 10.5 Å². The van der Waals surface area contributed by atoms with Gasteiger partial charge < -0.3 is 10.4 Å². The highest BCUT2D eigenvalue weighted by Crippen LogP contribution is 2.30. The Morgan fingerprint density at radius 3 is 2.30 bits per heavy atom. The zero-order valence-electron chi connectivity index (χ0n) is 15.7. The van der Waals surface area contributed by atoms with E-state index in [2.05, 4.69) is 5.32 Å². The van der Waals surface area contributed by atoms with E-state index >= 15 is 0 Å². The predicted octanol–water partition coefficient (Wildman–Crippen LogP) is 3.37. The maximum atomic E-state index is 12.8. The first kappa shape index (κ1) is 19.1. The van der Waals surface area contributed by atoms with Crippen LogP contribution in [-0.4, -0.2) is 28.8 Å². The van der Waals surface area contributed by atoms with Gasteiger partial charge in [-0.3, -0.25) is 14.4 Å². The predicted molar refractivity (Wildman–Crippen MR) is 110 cm³/mol. The van der Waals surface area contributed by atoms with Crippen molar-refractivity contribution >= 4 is 35.1 Å². The summed E-state index contributed by atoms with van der Waals surface area (Å²) in [5, 5.41) is 11.9. The zero-order chi connectivity index (χ0) is 21.3. The summed E-state index contributed by atoms with van der Waals surface area (Å²) in [6.07, 6.45) is 0.191. The topological polar surface area (TPSA) is 104 Å². The summed E-state index contributed by atoms with van der Waals surface area (Å²) in [5.41, 5.74) is 1.70. The van der Waals surface area contributed by atoms with Crippen LogP contribution in [0.3, 0.4) is 0 Å². The molecule has 0 aliphatic carbocycles. The van der Waals surface area contributed by atoms with Crippen LogP contribution in [0.15, 0.2) is 72.8 Å². The molecule has 0 aromatic heterocycles. The molecule has 3 aromatic carbocycles. The van der Waals surface area contributed by atoms with E-state index in [0.29, 0.717) is 5.69 Å². The first-order valence-corrected chi connectivity index (χ1v) is 9.14. The summed E-state index contributed by atoms with van der Waals surface area (Å²) in [6.45, 7) is 0. The number of imide groups is 1. The summed E-state index contributed by atoms with van der Waals surface area (Å²) in [6, 6.07) is 19.5. The molecule has 7 heteroatoms. The van der Waals surface area contributed by atoms with Crippen molar-refractivity contribution < 1.29 is 24.3 Å². The van der Waals surface area contributed by atoms with Gasteiger partial charge in [-0.25, -0.2) is 9.69 Å². The van der Waals surface area contributed by atoms with Crippen molar-refractivity contribution in [1.29, 1.82) is 0 Å². The lowest BCUT2D eigenvalue weighted by molar-refractivity contribution is -0.115. The summed E-state index contributed by atoms with van der Waals surface area (Å²) < 4.78 is 0. The second-order valence-corrected chi connectivity index (χ2v) is 6.77. The van der Waals surface area contributed by atoms with Crippen LogP contribution in [0.25, 0.3) is 0 Å². The van der Waals surface area contributed by atoms with Crippen molar-refractivity contribution in [2.45, 2.75) is 6.42 Å². The van der Waals surface area contributed by atoms with Crippen molar-refractivity contribution in [1.82, 2.24) is 0 Å². The highest BCUT2D eigenvalue weighted by atomic mass is 16.4. The Morgan fingerprint density at radius 1 is 0.833 bits per heavy atom. The van der Waals surface area contributed by atoms with Gasteiger partial charge in [0.15, 0.2) is 0 Å². The van der Waals surface area contributed by atoms with E-state index in [9.17, 15) is 19.2 Å². The third-order valence-corrected chi connectivity index (χ3v) is 4.73. The number of amides is 3. The van der Waals surface area contributed by atoms with Crippen molar-refractivity contribution in [3.8, 4) is 0 Å². The summed E-state index contributed by atoms with van der Waals surface area (Å²) in [7, 11) is 0. The third-order valence-electron chi connectivity index (χ3n) is 4.73. The highest BCUT2D eigenvalue weighted by molar-refractivity contribution is 6.34. The molecular weight excluding hydrogens is 384 g/mol. The molecule has 0 atom stereocenters. The fourth-order valence-electron chi connectivity index (χ4n) is 3.32. The number of hydrogen-bond donors (Lipinski definition) is 2. The van der Waals surface area contributed by atoms with Gasteiger partial charge in [0.25, 0.3) is 11.8 Å². The van der Waals surface area contributed by atoms with Crippen LogP contribution in [0, 0.1) is 0 Å². The van der Waals surface area contributed by atoms with E-state index in [-0.39, 0.29) is 34.7 Å². The molecular formula is C23H16N2O5. The van der Waals surface area contributed by atoms with E-state index < -0.39 is 17.8 Å². The summed E-state index contributed by atoms with van der Waals surface area (Å²) >= 11 is 0. The number of carbonyl (C=O) groups is 4. The second-order valence-electron chi connectivity index (χ2n) is 6.77. The number of hydrogen-bond acceptors (Lipinski definition) is 4. The fraction of sp³-hybridized carbons (Fsp3) is 0.0435. The molecule has 0 fully saturated rings. The average molecular weight is 400 g/mol. The molecule has 0 saturated carbocycles. The van der Waals surface area contributed by atoms with Crippen LogP contribution < -0.4 is 10.2 Å². The first-order chi connectivity index (χ1) is 14.4. The van der Waals surface area contributed by atoms with Gasteiger partial charge in [0.2, 0.25) is 5.91 Å². The quantitative estimate of drug-likeness (QED) is 0.639. The van der Waals surface area contributed by atoms with Gasteiger partial charge in [-0.15, -0.1) is 0 Å². The van der Waals surface area contributed by atoms with Crippen molar-refractivity contribution in [2.24, 2.45) is 0 Å². The van der Waals surface area contributed by atoms with Crippen molar-refractivity contribution in [2.75, 3.05) is 10.2 Å². The van der Waals surface area contributed by atoms with Crippen molar-refractivity contribution in [3.05, 3.63) is 95.1 Å². The largest absolute Gasteiger partial charge is 0.478 e. The van der Waals surface area contributed by atoms with Crippen LogP contribution in [0.1, 0.15) is 36.6 Å². The van der Waals surface area contributed by atoms with E-state index in [4.69, 9.17) is 5.11 Å². The standard InChI is InChI=1S/C23H16N2O5/c26-20(11-14-5-2-1-3-6-14)24-16-7-4-8-17(13-16)25-21(27)18-10-9-15(23(29)30)12-19(18)22(25)28/h1-10,12-13H,11H2,(H,24,26)(H,29,30). The van der Waals surface area contributed by atoms with Crippen LogP contribution in [0.2, 0.25) is 0 Å². The molecule has 2 N–H and O–H groups in total. The molecule has 0 unspecified atom stereocenters. The number of aromatic carboxylic acids is 1. The van der Waals surface area contributed by atoms with Crippen LogP contribution >= 0.6 is 0 Å². The van der Waals surface area contributed by atoms with E-state index in [1.54, 1.807) is 18.2 Å². The van der Waals surface area contributed by atoms with Gasteiger partial charge >= 0.3 is 5.97 Å². The molecule has 3 amide bonds. The van der Waals surface area contributed by atoms with E-state index in [1.807, 2.05) is 30.3 Å². The van der Waals surface area contributed by atoms with Crippen LogP contribution in [0.4, 0.5) is 11.4 Å². The lowest BCUT2D eigenvalue weighted by atomic mass is 10.1. The molecule has 0 radical (unpaired) electrons. The molecule has 0 saturated heterocycles. The normalized spacial score (nSPS) is 12.6. The lowest BCUT2D eigenvalue weighted by Crippen LogP contribution is -2.29. The van der Waals surface area contributed by atoms with Crippen LogP contribution in [0.5, 0.6) is 0 Å². The first-order valence-electron chi connectivity index (χ1n) is 9.14. The number of carboxylic acids is 1. The average Bonchev–Trinajstić information content (AvgIpc) is 2.98. The molecule has 1 aliphatic rings. The van der Waals surface area contributed by atoms with Gasteiger partial charge in [-0.2, -0.15) is 0 Å². The Bertz CT molecular complexity index is 1190.